The van der Waals surface area contributed by atoms with E-state index in [9.17, 15) is 0 Å². The molecule has 1 fully saturated rings. The number of ether oxygens (including phenoxy) is 1. The van der Waals surface area contributed by atoms with Crippen molar-refractivity contribution in [3.8, 4) is 11.8 Å². The van der Waals surface area contributed by atoms with Gasteiger partial charge in [-0.05, 0) is 25.3 Å². The van der Waals surface area contributed by atoms with Crippen LogP contribution in [0.25, 0.3) is 0 Å². The number of hydrogen-bond donors (Lipinski definition) is 2. The van der Waals surface area contributed by atoms with Crippen LogP contribution in [0.1, 0.15) is 31.7 Å². The summed E-state index contributed by atoms with van der Waals surface area (Å²) in [5, 5.41) is 0. The highest BCUT2D eigenvalue weighted by Crippen LogP contribution is 2.38. The van der Waals surface area contributed by atoms with Crippen molar-refractivity contribution in [2.75, 3.05) is 13.2 Å². The van der Waals surface area contributed by atoms with Crippen LogP contribution in [0, 0.1) is 11.8 Å². The standard InChI is InChI=1S/C16H22N2O/c1-2-3-9-15(18-17)16(10-12-19-13-11-16)14-7-5-4-6-8-14/h4-8,15,18H,9-13,17H2,1H3. The van der Waals surface area contributed by atoms with Crippen LogP contribution in [0.5, 0.6) is 0 Å². The molecule has 0 aliphatic carbocycles. The van der Waals surface area contributed by atoms with Gasteiger partial charge in [-0.2, -0.15) is 0 Å². The largest absolute Gasteiger partial charge is 0.381 e. The average molecular weight is 258 g/mol. The highest BCUT2D eigenvalue weighted by molar-refractivity contribution is 5.29. The van der Waals surface area contributed by atoms with Gasteiger partial charge in [-0.3, -0.25) is 11.3 Å². The first-order chi connectivity index (χ1) is 9.33. The van der Waals surface area contributed by atoms with Gasteiger partial charge < -0.3 is 4.74 Å². The lowest BCUT2D eigenvalue weighted by Crippen LogP contribution is -2.53. The third kappa shape index (κ3) is 2.98. The van der Waals surface area contributed by atoms with Crippen molar-refractivity contribution >= 4 is 0 Å². The first-order valence-electron chi connectivity index (χ1n) is 6.82. The predicted molar refractivity (Wildman–Crippen MR) is 77.4 cm³/mol. The maximum atomic E-state index is 5.81. The lowest BCUT2D eigenvalue weighted by Gasteiger charge is -2.43. The molecule has 1 saturated heterocycles. The van der Waals surface area contributed by atoms with E-state index in [0.29, 0.717) is 0 Å². The predicted octanol–water partition coefficient (Wildman–Crippen LogP) is 1.98. The molecule has 1 heterocycles. The number of rotatable bonds is 4. The molecular weight excluding hydrogens is 236 g/mol. The van der Waals surface area contributed by atoms with Crippen molar-refractivity contribution < 1.29 is 4.74 Å². The van der Waals surface area contributed by atoms with Crippen LogP contribution in [0.15, 0.2) is 30.3 Å². The molecule has 0 saturated carbocycles. The van der Waals surface area contributed by atoms with Crippen molar-refractivity contribution in [3.05, 3.63) is 35.9 Å². The molecule has 0 radical (unpaired) electrons. The molecule has 0 bridgehead atoms. The number of benzene rings is 1. The summed E-state index contributed by atoms with van der Waals surface area (Å²) < 4.78 is 5.54. The Morgan fingerprint density at radius 2 is 2.00 bits per heavy atom. The zero-order chi connectivity index (χ0) is 13.6. The second kappa shape index (κ2) is 6.72. The Balaban J connectivity index is 2.34. The molecule has 3 N–H and O–H groups in total. The minimum Gasteiger partial charge on any atom is -0.381 e. The first kappa shape index (κ1) is 14.1. The van der Waals surface area contributed by atoms with Gasteiger partial charge in [0, 0.05) is 31.1 Å². The Kier molecular flexibility index (Phi) is 4.98. The van der Waals surface area contributed by atoms with Gasteiger partial charge >= 0.3 is 0 Å². The van der Waals surface area contributed by atoms with Gasteiger partial charge in [-0.1, -0.05) is 30.3 Å². The molecule has 1 unspecified atom stereocenters. The normalized spacial score (nSPS) is 19.3. The lowest BCUT2D eigenvalue weighted by atomic mass is 9.68. The highest BCUT2D eigenvalue weighted by atomic mass is 16.5. The van der Waals surface area contributed by atoms with Crippen molar-refractivity contribution in [2.24, 2.45) is 5.84 Å². The summed E-state index contributed by atoms with van der Waals surface area (Å²) in [7, 11) is 0. The van der Waals surface area contributed by atoms with E-state index in [1.54, 1.807) is 0 Å². The van der Waals surface area contributed by atoms with Crippen LogP contribution in [-0.4, -0.2) is 19.3 Å². The van der Waals surface area contributed by atoms with E-state index < -0.39 is 0 Å². The highest BCUT2D eigenvalue weighted by Gasteiger charge is 2.40. The van der Waals surface area contributed by atoms with Crippen molar-refractivity contribution in [2.45, 2.75) is 37.6 Å². The van der Waals surface area contributed by atoms with Crippen LogP contribution < -0.4 is 11.3 Å². The molecule has 1 aliphatic rings. The molecule has 1 aliphatic heterocycles. The van der Waals surface area contributed by atoms with E-state index in [-0.39, 0.29) is 11.5 Å². The Labute approximate surface area is 115 Å². The molecule has 3 heteroatoms. The number of nitrogens with one attached hydrogen (secondary N) is 1. The van der Waals surface area contributed by atoms with E-state index in [0.717, 1.165) is 32.5 Å². The zero-order valence-electron chi connectivity index (χ0n) is 11.5. The second-order valence-electron chi connectivity index (χ2n) is 4.98. The zero-order valence-corrected chi connectivity index (χ0v) is 11.5. The topological polar surface area (TPSA) is 47.3 Å². The van der Waals surface area contributed by atoms with Gasteiger partial charge in [0.15, 0.2) is 0 Å². The molecular formula is C16H22N2O. The first-order valence-corrected chi connectivity index (χ1v) is 6.82. The van der Waals surface area contributed by atoms with Crippen LogP contribution in [0.3, 0.4) is 0 Å². The minimum absolute atomic E-state index is 0.0259. The lowest BCUT2D eigenvalue weighted by molar-refractivity contribution is 0.0350. The van der Waals surface area contributed by atoms with E-state index in [4.69, 9.17) is 10.6 Å². The third-order valence-electron chi connectivity index (χ3n) is 4.08. The van der Waals surface area contributed by atoms with Crippen molar-refractivity contribution in [1.82, 2.24) is 5.43 Å². The SMILES string of the molecule is CC#CCC(NN)C1(c2ccccc2)CCOCC1. The van der Waals surface area contributed by atoms with Gasteiger partial charge in [0.25, 0.3) is 0 Å². The second-order valence-corrected chi connectivity index (χ2v) is 4.98. The van der Waals surface area contributed by atoms with Gasteiger partial charge in [0.2, 0.25) is 0 Å². The summed E-state index contributed by atoms with van der Waals surface area (Å²) in [5.41, 5.74) is 4.35. The Hall–Kier alpha value is -1.34. The Morgan fingerprint density at radius 3 is 2.58 bits per heavy atom. The quantitative estimate of drug-likeness (QED) is 0.493. The molecule has 0 amide bonds. The molecule has 1 aromatic rings. The van der Waals surface area contributed by atoms with Crippen molar-refractivity contribution in [3.63, 3.8) is 0 Å². The number of hydrogen-bond acceptors (Lipinski definition) is 3. The minimum atomic E-state index is 0.0259. The summed E-state index contributed by atoms with van der Waals surface area (Å²) in [5.74, 6) is 11.9. The molecule has 1 atom stereocenters. The smallest absolute Gasteiger partial charge is 0.0475 e. The average Bonchev–Trinajstić information content (AvgIpc) is 2.50. The number of nitrogens with two attached hydrogens (primary N) is 1. The fourth-order valence-corrected chi connectivity index (χ4v) is 2.96. The van der Waals surface area contributed by atoms with Gasteiger partial charge in [0.1, 0.15) is 0 Å². The van der Waals surface area contributed by atoms with Crippen molar-refractivity contribution in [1.29, 1.82) is 0 Å². The summed E-state index contributed by atoms with van der Waals surface area (Å²) in [6.45, 7) is 3.44. The van der Waals surface area contributed by atoms with E-state index in [1.165, 1.54) is 5.56 Å². The molecule has 19 heavy (non-hydrogen) atoms. The molecule has 0 aromatic heterocycles. The molecule has 0 spiro atoms. The fraction of sp³-hybridized carbons (Fsp3) is 0.500. The van der Waals surface area contributed by atoms with Gasteiger partial charge in [-0.15, -0.1) is 11.8 Å². The van der Waals surface area contributed by atoms with Crippen LogP contribution in [0.2, 0.25) is 0 Å². The maximum Gasteiger partial charge on any atom is 0.0475 e. The fourth-order valence-electron chi connectivity index (χ4n) is 2.96. The summed E-state index contributed by atoms with van der Waals surface area (Å²) in [4.78, 5) is 0. The van der Waals surface area contributed by atoms with Crippen LogP contribution >= 0.6 is 0 Å². The summed E-state index contributed by atoms with van der Waals surface area (Å²) >= 11 is 0. The maximum absolute atomic E-state index is 5.81. The van der Waals surface area contributed by atoms with E-state index in [1.807, 2.05) is 13.0 Å². The van der Waals surface area contributed by atoms with Gasteiger partial charge in [-0.25, -0.2) is 0 Å². The third-order valence-corrected chi connectivity index (χ3v) is 4.08. The molecule has 3 nitrogen and oxygen atoms in total. The van der Waals surface area contributed by atoms with Gasteiger partial charge in [0.05, 0.1) is 0 Å². The van der Waals surface area contributed by atoms with Crippen LogP contribution in [-0.2, 0) is 10.2 Å². The van der Waals surface area contributed by atoms with E-state index in [2.05, 4.69) is 41.5 Å². The van der Waals surface area contributed by atoms with Crippen LogP contribution in [0.4, 0.5) is 0 Å². The summed E-state index contributed by atoms with van der Waals surface area (Å²) in [6.07, 6.45) is 2.73. The molecule has 102 valence electrons. The summed E-state index contributed by atoms with van der Waals surface area (Å²) in [6, 6.07) is 10.8. The Morgan fingerprint density at radius 1 is 1.32 bits per heavy atom. The number of hydrazine groups is 1. The van der Waals surface area contributed by atoms with E-state index >= 15 is 0 Å². The molecule has 2 rings (SSSR count). The monoisotopic (exact) mass is 258 g/mol. The Bertz CT molecular complexity index is 441. The molecule has 1 aromatic carbocycles.